The summed E-state index contributed by atoms with van der Waals surface area (Å²) in [7, 11) is 2.92. The number of ether oxygens (including phenoxy) is 2. The Balaban J connectivity index is 0.000000161. The Kier molecular flexibility index (Phi) is 5.21. The van der Waals surface area contributed by atoms with Crippen LogP contribution in [0.25, 0.3) is 21.9 Å². The van der Waals surface area contributed by atoms with Crippen molar-refractivity contribution in [2.24, 2.45) is 0 Å². The Morgan fingerprint density at radius 1 is 0.679 bits per heavy atom. The Hall–Kier alpha value is -3.94. The van der Waals surface area contributed by atoms with Gasteiger partial charge in [-0.2, -0.15) is 0 Å². The van der Waals surface area contributed by atoms with Crippen molar-refractivity contribution in [1.29, 1.82) is 0 Å². The zero-order chi connectivity index (χ0) is 20.3. The Morgan fingerprint density at radius 3 is 1.43 bits per heavy atom. The molecule has 28 heavy (non-hydrogen) atoms. The van der Waals surface area contributed by atoms with E-state index in [2.05, 4.69) is 0 Å². The highest BCUT2D eigenvalue weighted by Crippen LogP contribution is 2.31. The van der Waals surface area contributed by atoms with E-state index in [0.29, 0.717) is 33.4 Å². The lowest BCUT2D eigenvalue weighted by Crippen LogP contribution is -1.94. The fourth-order valence-corrected chi connectivity index (χ4v) is 2.49. The number of phenolic OH excluding ortho intramolecular Hbond substituents is 2. The Morgan fingerprint density at radius 2 is 1.07 bits per heavy atom. The summed E-state index contributed by atoms with van der Waals surface area (Å²) in [4.78, 5) is 21.7. The fourth-order valence-electron chi connectivity index (χ4n) is 2.49. The van der Waals surface area contributed by atoms with Gasteiger partial charge in [0.15, 0.2) is 23.0 Å². The standard InChI is InChI=1S/2C10H8O4/c2*1-13-9-4-6-2-3-10(12)14-8(6)5-7(9)11/h2*2-5,11H,1H3. The van der Waals surface area contributed by atoms with Gasteiger partial charge >= 0.3 is 11.3 Å². The lowest BCUT2D eigenvalue weighted by molar-refractivity contribution is 0.373. The smallest absolute Gasteiger partial charge is 0.336 e. The molecule has 2 N–H and O–H groups in total. The molecule has 0 aliphatic heterocycles. The average molecular weight is 384 g/mol. The van der Waals surface area contributed by atoms with Crippen LogP contribution in [0.5, 0.6) is 23.0 Å². The lowest BCUT2D eigenvalue weighted by Gasteiger charge is -2.03. The van der Waals surface area contributed by atoms with Crippen LogP contribution in [-0.4, -0.2) is 24.4 Å². The summed E-state index contributed by atoms with van der Waals surface area (Å²) in [5.41, 5.74) is -0.198. The summed E-state index contributed by atoms with van der Waals surface area (Å²) < 4.78 is 19.6. The van der Waals surface area contributed by atoms with Gasteiger partial charge in [0.2, 0.25) is 0 Å². The molecule has 8 heteroatoms. The zero-order valence-electron chi connectivity index (χ0n) is 15.0. The molecular formula is C20H16O8. The number of hydrogen-bond acceptors (Lipinski definition) is 8. The second-order valence-corrected chi connectivity index (χ2v) is 5.63. The second-order valence-electron chi connectivity index (χ2n) is 5.63. The maximum atomic E-state index is 10.9. The lowest BCUT2D eigenvalue weighted by atomic mass is 10.2. The van der Waals surface area contributed by atoms with Gasteiger partial charge in [-0.1, -0.05) is 0 Å². The quantitative estimate of drug-likeness (QED) is 0.506. The molecule has 144 valence electrons. The first-order chi connectivity index (χ1) is 13.4. The zero-order valence-corrected chi connectivity index (χ0v) is 15.0. The van der Waals surface area contributed by atoms with Crippen molar-refractivity contribution < 1.29 is 28.5 Å². The molecule has 0 amide bonds. The highest BCUT2D eigenvalue weighted by atomic mass is 16.5. The van der Waals surface area contributed by atoms with Crippen molar-refractivity contribution >= 4 is 21.9 Å². The number of methoxy groups -OCH3 is 2. The van der Waals surface area contributed by atoms with Crippen LogP contribution in [0, 0.1) is 0 Å². The van der Waals surface area contributed by atoms with Gasteiger partial charge in [-0.15, -0.1) is 0 Å². The normalized spacial score (nSPS) is 10.4. The van der Waals surface area contributed by atoms with Crippen LogP contribution in [-0.2, 0) is 0 Å². The number of benzene rings is 2. The van der Waals surface area contributed by atoms with Crippen molar-refractivity contribution in [3.05, 3.63) is 69.4 Å². The Labute approximate surface area is 157 Å². The van der Waals surface area contributed by atoms with Gasteiger partial charge in [-0.05, 0) is 24.3 Å². The molecule has 4 rings (SSSR count). The van der Waals surface area contributed by atoms with E-state index in [4.69, 9.17) is 18.3 Å². The van der Waals surface area contributed by atoms with Crippen LogP contribution in [0.3, 0.4) is 0 Å². The largest absolute Gasteiger partial charge is 0.504 e. The minimum absolute atomic E-state index is 0.0469. The average Bonchev–Trinajstić information content (AvgIpc) is 2.67. The van der Waals surface area contributed by atoms with Crippen LogP contribution in [0.2, 0.25) is 0 Å². The van der Waals surface area contributed by atoms with Gasteiger partial charge in [0.05, 0.1) is 14.2 Å². The van der Waals surface area contributed by atoms with Crippen molar-refractivity contribution in [3.63, 3.8) is 0 Å². The first-order valence-electron chi connectivity index (χ1n) is 8.03. The minimum atomic E-state index is -0.443. The maximum Gasteiger partial charge on any atom is 0.336 e. The van der Waals surface area contributed by atoms with Gasteiger partial charge in [-0.25, -0.2) is 9.59 Å². The monoisotopic (exact) mass is 384 g/mol. The van der Waals surface area contributed by atoms with E-state index in [0.717, 1.165) is 0 Å². The number of hydrogen-bond donors (Lipinski definition) is 2. The highest BCUT2D eigenvalue weighted by Gasteiger charge is 2.06. The van der Waals surface area contributed by atoms with Crippen LogP contribution < -0.4 is 20.7 Å². The van der Waals surface area contributed by atoms with Gasteiger partial charge in [0.1, 0.15) is 11.2 Å². The van der Waals surface area contributed by atoms with Crippen LogP contribution in [0.1, 0.15) is 0 Å². The van der Waals surface area contributed by atoms with Gasteiger partial charge in [0, 0.05) is 35.0 Å². The molecule has 0 atom stereocenters. The number of fused-ring (bicyclic) bond motifs is 2. The minimum Gasteiger partial charge on any atom is -0.504 e. The number of rotatable bonds is 2. The molecule has 0 fully saturated rings. The molecule has 2 aromatic heterocycles. The molecule has 0 aliphatic rings. The Bertz CT molecular complexity index is 1150. The van der Waals surface area contributed by atoms with E-state index in [1.54, 1.807) is 24.3 Å². The highest BCUT2D eigenvalue weighted by molar-refractivity contribution is 5.81. The summed E-state index contributed by atoms with van der Waals surface area (Å²) >= 11 is 0. The van der Waals surface area contributed by atoms with Crippen LogP contribution in [0.4, 0.5) is 0 Å². The van der Waals surface area contributed by atoms with E-state index >= 15 is 0 Å². The van der Waals surface area contributed by atoms with Crippen molar-refractivity contribution in [2.75, 3.05) is 14.2 Å². The summed E-state index contributed by atoms with van der Waals surface area (Å²) in [5.74, 6) is 0.612. The van der Waals surface area contributed by atoms with Gasteiger partial charge in [0.25, 0.3) is 0 Å². The first-order valence-corrected chi connectivity index (χ1v) is 8.03. The van der Waals surface area contributed by atoms with E-state index < -0.39 is 11.3 Å². The van der Waals surface area contributed by atoms with Crippen LogP contribution >= 0.6 is 0 Å². The molecule has 0 saturated carbocycles. The molecular weight excluding hydrogens is 368 g/mol. The molecule has 0 saturated heterocycles. The molecule has 0 unspecified atom stereocenters. The van der Waals surface area contributed by atoms with E-state index in [-0.39, 0.29) is 11.5 Å². The molecule has 2 aromatic carbocycles. The third-order valence-electron chi connectivity index (χ3n) is 3.84. The number of aromatic hydroxyl groups is 2. The molecule has 0 bridgehead atoms. The van der Waals surface area contributed by atoms with Gasteiger partial charge < -0.3 is 28.5 Å². The molecule has 2 heterocycles. The van der Waals surface area contributed by atoms with Crippen molar-refractivity contribution in [2.45, 2.75) is 0 Å². The van der Waals surface area contributed by atoms with Crippen molar-refractivity contribution in [3.8, 4) is 23.0 Å². The third-order valence-corrected chi connectivity index (χ3v) is 3.84. The van der Waals surface area contributed by atoms with Crippen molar-refractivity contribution in [1.82, 2.24) is 0 Å². The summed E-state index contributed by atoms with van der Waals surface area (Å²) in [6.07, 6.45) is 0. The molecule has 4 aromatic rings. The van der Waals surface area contributed by atoms with E-state index in [1.807, 2.05) is 0 Å². The van der Waals surface area contributed by atoms with Crippen LogP contribution in [0.15, 0.2) is 67.0 Å². The predicted octanol–water partition coefficient (Wildman–Crippen LogP) is 3.01. The number of phenols is 2. The molecule has 0 spiro atoms. The molecule has 0 aliphatic carbocycles. The first kappa shape index (κ1) is 18.8. The maximum absolute atomic E-state index is 10.9. The van der Waals surface area contributed by atoms with Gasteiger partial charge in [-0.3, -0.25) is 0 Å². The fraction of sp³-hybridized carbons (Fsp3) is 0.100. The SMILES string of the molecule is COc1cc2ccc(=O)oc2cc1O.COc1cc2ccc(=O)oc2cc1O. The summed E-state index contributed by atoms with van der Waals surface area (Å²) in [5, 5.41) is 20.2. The second kappa shape index (κ2) is 7.75. The predicted molar refractivity (Wildman–Crippen MR) is 101 cm³/mol. The molecule has 8 nitrogen and oxygen atoms in total. The van der Waals surface area contributed by atoms with E-state index in [9.17, 15) is 19.8 Å². The summed E-state index contributed by atoms with van der Waals surface area (Å²) in [6, 6.07) is 11.8. The topological polar surface area (TPSA) is 119 Å². The van der Waals surface area contributed by atoms with E-state index in [1.165, 1.54) is 38.5 Å². The molecule has 0 radical (unpaired) electrons. The summed E-state index contributed by atoms with van der Waals surface area (Å²) in [6.45, 7) is 0. The third kappa shape index (κ3) is 3.90.